The van der Waals surface area contributed by atoms with Crippen molar-refractivity contribution in [3.63, 3.8) is 0 Å². The Hall–Kier alpha value is -2.66. The lowest BCUT2D eigenvalue weighted by atomic mass is 10.0. The first kappa shape index (κ1) is 17.2. The fourth-order valence-electron chi connectivity index (χ4n) is 2.88. The number of ether oxygens (including phenoxy) is 1. The van der Waals surface area contributed by atoms with E-state index in [0.717, 1.165) is 28.2 Å². The maximum absolute atomic E-state index is 12.0. The summed E-state index contributed by atoms with van der Waals surface area (Å²) >= 11 is 0. The molecule has 25 heavy (non-hydrogen) atoms. The van der Waals surface area contributed by atoms with Crippen LogP contribution in [0.4, 0.5) is 0 Å². The number of aromatic nitrogens is 2. The van der Waals surface area contributed by atoms with E-state index in [9.17, 15) is 4.79 Å². The van der Waals surface area contributed by atoms with Gasteiger partial charge in [0.15, 0.2) is 0 Å². The minimum atomic E-state index is -0.717. The van der Waals surface area contributed by atoms with Crippen molar-refractivity contribution in [2.24, 2.45) is 5.73 Å². The summed E-state index contributed by atoms with van der Waals surface area (Å²) in [5.41, 5.74) is 12.0. The van der Waals surface area contributed by atoms with Crippen LogP contribution in [-0.2, 0) is 16.0 Å². The van der Waals surface area contributed by atoms with E-state index in [-0.39, 0.29) is 5.97 Å². The normalized spacial score (nSPS) is 12.3. The molecule has 0 saturated heterocycles. The molecule has 130 valence electrons. The minimum absolute atomic E-state index is 0.323. The number of fused-ring (bicyclic) bond motifs is 1. The molecule has 0 saturated carbocycles. The van der Waals surface area contributed by atoms with Gasteiger partial charge in [0, 0.05) is 18.2 Å². The van der Waals surface area contributed by atoms with E-state index >= 15 is 0 Å². The molecule has 0 fully saturated rings. The van der Waals surface area contributed by atoms with Crippen LogP contribution >= 0.6 is 0 Å². The molecule has 1 atom stereocenters. The quantitative estimate of drug-likeness (QED) is 0.727. The zero-order valence-corrected chi connectivity index (χ0v) is 14.8. The van der Waals surface area contributed by atoms with Gasteiger partial charge in [-0.25, -0.2) is 4.98 Å². The predicted molar refractivity (Wildman–Crippen MR) is 98.4 cm³/mol. The highest BCUT2D eigenvalue weighted by Gasteiger charge is 2.21. The third kappa shape index (κ3) is 3.56. The lowest BCUT2D eigenvalue weighted by Crippen LogP contribution is -2.34. The van der Waals surface area contributed by atoms with Crippen LogP contribution in [0.5, 0.6) is 0 Å². The van der Waals surface area contributed by atoms with Gasteiger partial charge < -0.3 is 14.9 Å². The molecule has 0 aliphatic carbocycles. The second-order valence-corrected chi connectivity index (χ2v) is 6.27. The summed E-state index contributed by atoms with van der Waals surface area (Å²) in [5, 5.41) is 0. The molecule has 3 rings (SSSR count). The van der Waals surface area contributed by atoms with Crippen molar-refractivity contribution in [3.8, 4) is 11.3 Å². The van der Waals surface area contributed by atoms with Crippen LogP contribution in [0.15, 0.2) is 42.6 Å². The molecule has 2 heterocycles. The number of pyridine rings is 1. The van der Waals surface area contributed by atoms with Gasteiger partial charge in [0.2, 0.25) is 0 Å². The van der Waals surface area contributed by atoms with Crippen LogP contribution in [-0.4, -0.2) is 28.0 Å². The summed E-state index contributed by atoms with van der Waals surface area (Å²) in [5.74, 6) is -0.389. The number of nitrogens with zero attached hydrogens (tertiary/aromatic N) is 2. The van der Waals surface area contributed by atoms with Crippen molar-refractivity contribution in [2.75, 3.05) is 6.61 Å². The van der Waals surface area contributed by atoms with Gasteiger partial charge in [-0.05, 0) is 38.5 Å². The topological polar surface area (TPSA) is 69.6 Å². The molecule has 2 aromatic heterocycles. The summed E-state index contributed by atoms with van der Waals surface area (Å²) in [6.45, 7) is 6.18. The number of nitrogens with two attached hydrogens (primary N) is 1. The molecule has 2 N–H and O–H groups in total. The maximum atomic E-state index is 12.0. The van der Waals surface area contributed by atoms with Crippen molar-refractivity contribution < 1.29 is 9.53 Å². The SMILES string of the molecule is CCOC(=O)C(N)Cc1c(-c2ccc(C)cc2)nc2cc(C)ccn12. The first-order valence-corrected chi connectivity index (χ1v) is 8.46. The molecular weight excluding hydrogens is 314 g/mol. The molecule has 0 spiro atoms. The zero-order chi connectivity index (χ0) is 18.0. The van der Waals surface area contributed by atoms with Gasteiger partial charge in [0.25, 0.3) is 0 Å². The lowest BCUT2D eigenvalue weighted by molar-refractivity contribution is -0.144. The number of carbonyl (C=O) groups is 1. The number of imidazole rings is 1. The highest BCUT2D eigenvalue weighted by atomic mass is 16.5. The van der Waals surface area contributed by atoms with E-state index in [1.54, 1.807) is 6.92 Å². The van der Waals surface area contributed by atoms with E-state index in [4.69, 9.17) is 15.5 Å². The van der Waals surface area contributed by atoms with Crippen LogP contribution < -0.4 is 5.73 Å². The molecule has 0 aliphatic rings. The van der Waals surface area contributed by atoms with Crippen molar-refractivity contribution >= 4 is 11.6 Å². The van der Waals surface area contributed by atoms with Crippen LogP contribution in [0.2, 0.25) is 0 Å². The Bertz CT molecular complexity index is 897. The molecule has 0 bridgehead atoms. The van der Waals surface area contributed by atoms with Crippen molar-refractivity contribution in [3.05, 3.63) is 59.4 Å². The van der Waals surface area contributed by atoms with Gasteiger partial charge in [-0.1, -0.05) is 29.8 Å². The fourth-order valence-corrected chi connectivity index (χ4v) is 2.88. The zero-order valence-electron chi connectivity index (χ0n) is 14.8. The standard InChI is InChI=1S/C20H23N3O2/c1-4-25-20(24)16(21)12-17-19(15-7-5-13(2)6-8-15)22-18-11-14(3)9-10-23(17)18/h5-11,16H,4,12,21H2,1-3H3. The monoisotopic (exact) mass is 337 g/mol. The van der Waals surface area contributed by atoms with Gasteiger partial charge in [0.05, 0.1) is 18.0 Å². The van der Waals surface area contributed by atoms with E-state index < -0.39 is 6.04 Å². The summed E-state index contributed by atoms with van der Waals surface area (Å²) < 4.78 is 7.05. The molecular formula is C20H23N3O2. The summed E-state index contributed by atoms with van der Waals surface area (Å²) in [6, 6.07) is 11.5. The highest BCUT2D eigenvalue weighted by molar-refractivity contribution is 5.77. The fraction of sp³-hybridized carbons (Fsp3) is 0.300. The Kier molecular flexibility index (Phi) is 4.86. The third-order valence-electron chi connectivity index (χ3n) is 4.21. The average Bonchev–Trinajstić information content (AvgIpc) is 2.93. The number of benzene rings is 1. The van der Waals surface area contributed by atoms with Crippen molar-refractivity contribution in [1.29, 1.82) is 0 Å². The number of carbonyl (C=O) groups excluding carboxylic acids is 1. The van der Waals surface area contributed by atoms with Crippen LogP contribution in [0.3, 0.4) is 0 Å². The van der Waals surface area contributed by atoms with Gasteiger partial charge >= 0.3 is 5.97 Å². The largest absolute Gasteiger partial charge is 0.465 e. The number of aryl methyl sites for hydroxylation is 2. The van der Waals surface area contributed by atoms with E-state index in [0.29, 0.717) is 13.0 Å². The maximum Gasteiger partial charge on any atom is 0.323 e. The smallest absolute Gasteiger partial charge is 0.323 e. The Balaban J connectivity index is 2.08. The van der Waals surface area contributed by atoms with E-state index in [2.05, 4.69) is 12.1 Å². The second-order valence-electron chi connectivity index (χ2n) is 6.27. The van der Waals surface area contributed by atoms with Crippen molar-refractivity contribution in [1.82, 2.24) is 9.38 Å². The molecule has 1 aromatic carbocycles. The Morgan fingerprint density at radius 1 is 1.20 bits per heavy atom. The summed E-state index contributed by atoms with van der Waals surface area (Å²) in [7, 11) is 0. The van der Waals surface area contributed by atoms with Gasteiger partial charge in [-0.3, -0.25) is 4.79 Å². The van der Waals surface area contributed by atoms with Crippen LogP contribution in [0.25, 0.3) is 16.9 Å². The molecule has 5 nitrogen and oxygen atoms in total. The number of esters is 1. The van der Waals surface area contributed by atoms with Gasteiger partial charge in [-0.2, -0.15) is 0 Å². The second kappa shape index (κ2) is 7.07. The minimum Gasteiger partial charge on any atom is -0.465 e. The molecule has 5 heteroatoms. The average molecular weight is 337 g/mol. The first-order valence-electron chi connectivity index (χ1n) is 8.46. The Morgan fingerprint density at radius 2 is 1.92 bits per heavy atom. The van der Waals surface area contributed by atoms with E-state index in [1.807, 2.05) is 48.7 Å². The number of hydrogen-bond acceptors (Lipinski definition) is 4. The Morgan fingerprint density at radius 3 is 2.60 bits per heavy atom. The van der Waals surface area contributed by atoms with E-state index in [1.165, 1.54) is 5.56 Å². The molecule has 0 aliphatic heterocycles. The lowest BCUT2D eigenvalue weighted by Gasteiger charge is -2.12. The van der Waals surface area contributed by atoms with Gasteiger partial charge in [0.1, 0.15) is 11.7 Å². The van der Waals surface area contributed by atoms with Crippen LogP contribution in [0, 0.1) is 13.8 Å². The summed E-state index contributed by atoms with van der Waals surface area (Å²) in [6.07, 6.45) is 2.34. The van der Waals surface area contributed by atoms with Crippen LogP contribution in [0.1, 0.15) is 23.7 Å². The number of rotatable bonds is 5. The number of hydrogen-bond donors (Lipinski definition) is 1. The van der Waals surface area contributed by atoms with Gasteiger partial charge in [-0.15, -0.1) is 0 Å². The predicted octanol–water partition coefficient (Wildman–Crippen LogP) is 3.05. The third-order valence-corrected chi connectivity index (χ3v) is 4.21. The Labute approximate surface area is 147 Å². The molecule has 1 unspecified atom stereocenters. The molecule has 3 aromatic rings. The molecule has 0 radical (unpaired) electrons. The van der Waals surface area contributed by atoms with Crippen molar-refractivity contribution in [2.45, 2.75) is 33.2 Å². The summed E-state index contributed by atoms with van der Waals surface area (Å²) in [4.78, 5) is 16.8. The highest BCUT2D eigenvalue weighted by Crippen LogP contribution is 2.26. The first-order chi connectivity index (χ1) is 12.0. The molecule has 0 amide bonds.